The predicted octanol–water partition coefficient (Wildman–Crippen LogP) is 1.39. The number of piperidine rings is 1. The molecule has 1 rings (SSSR count). The highest BCUT2D eigenvalue weighted by Gasteiger charge is 2.21. The van der Waals surface area contributed by atoms with Crippen LogP contribution in [0.2, 0.25) is 0 Å². The third-order valence-corrected chi connectivity index (χ3v) is 1.65. The quantitative estimate of drug-likeness (QED) is 0.573. The van der Waals surface area contributed by atoms with Crippen LogP contribution < -0.4 is 5.32 Å². The van der Waals surface area contributed by atoms with E-state index in [1.807, 2.05) is 0 Å². The first-order valence-corrected chi connectivity index (χ1v) is 3.32. The number of halogens is 2. The first-order chi connectivity index (χ1) is 4.30. The maximum Gasteiger partial charge on any atom is 0.253 e. The van der Waals surface area contributed by atoms with Crippen molar-refractivity contribution in [2.45, 2.75) is 31.7 Å². The molecular formula is C6H11F2N. The Hall–Kier alpha value is -0.180. The van der Waals surface area contributed by atoms with Gasteiger partial charge in [-0.2, -0.15) is 0 Å². The Morgan fingerprint density at radius 3 is 2.44 bits per heavy atom. The molecule has 1 aliphatic heterocycles. The summed E-state index contributed by atoms with van der Waals surface area (Å²) >= 11 is 0. The summed E-state index contributed by atoms with van der Waals surface area (Å²) < 4.78 is 23.7. The van der Waals surface area contributed by atoms with Crippen LogP contribution >= 0.6 is 0 Å². The first-order valence-electron chi connectivity index (χ1n) is 3.32. The molecule has 0 radical (unpaired) electrons. The van der Waals surface area contributed by atoms with Crippen molar-refractivity contribution in [2.75, 3.05) is 6.54 Å². The molecule has 0 spiro atoms. The molecule has 0 aromatic heterocycles. The molecular weight excluding hydrogens is 124 g/mol. The van der Waals surface area contributed by atoms with Crippen molar-refractivity contribution >= 4 is 0 Å². The number of hydrogen-bond acceptors (Lipinski definition) is 1. The standard InChI is InChI=1S/C6H11F2N/c7-6(8)5-3-1-2-4-9-5/h5-6,9H,1-4H2/t5-/m1/s1. The Kier molecular flexibility index (Phi) is 2.39. The monoisotopic (exact) mass is 135 g/mol. The SMILES string of the molecule is FC(F)[C@H]1CCCCN1. The molecule has 0 bridgehead atoms. The smallest absolute Gasteiger partial charge is 0.253 e. The van der Waals surface area contributed by atoms with Crippen LogP contribution in [0.25, 0.3) is 0 Å². The van der Waals surface area contributed by atoms with Gasteiger partial charge in [-0.25, -0.2) is 8.78 Å². The Morgan fingerprint density at radius 1 is 1.33 bits per heavy atom. The summed E-state index contributed by atoms with van der Waals surface area (Å²) in [6.07, 6.45) is 0.452. The first kappa shape index (κ1) is 6.93. The third-order valence-electron chi connectivity index (χ3n) is 1.65. The fourth-order valence-corrected chi connectivity index (χ4v) is 1.09. The predicted molar refractivity (Wildman–Crippen MR) is 31.6 cm³/mol. The lowest BCUT2D eigenvalue weighted by atomic mass is 10.1. The summed E-state index contributed by atoms with van der Waals surface area (Å²) in [5.74, 6) is 0. The zero-order valence-electron chi connectivity index (χ0n) is 5.24. The molecule has 54 valence electrons. The van der Waals surface area contributed by atoms with E-state index in [1.54, 1.807) is 0 Å². The summed E-state index contributed by atoms with van der Waals surface area (Å²) in [7, 11) is 0. The van der Waals surface area contributed by atoms with Gasteiger partial charge in [0.1, 0.15) is 0 Å². The van der Waals surface area contributed by atoms with Crippen LogP contribution in [-0.2, 0) is 0 Å². The van der Waals surface area contributed by atoms with Gasteiger partial charge in [-0.1, -0.05) is 6.42 Å². The highest BCUT2D eigenvalue weighted by molar-refractivity contribution is 4.73. The molecule has 1 N–H and O–H groups in total. The second-order valence-corrected chi connectivity index (χ2v) is 2.39. The molecule has 0 unspecified atom stereocenters. The van der Waals surface area contributed by atoms with Gasteiger partial charge in [0.2, 0.25) is 0 Å². The van der Waals surface area contributed by atoms with Crippen molar-refractivity contribution in [3.63, 3.8) is 0 Å². The molecule has 0 aliphatic carbocycles. The molecule has 1 nitrogen and oxygen atoms in total. The molecule has 1 fully saturated rings. The van der Waals surface area contributed by atoms with Gasteiger partial charge in [0.05, 0.1) is 6.04 Å². The Balaban J connectivity index is 2.23. The van der Waals surface area contributed by atoms with Crippen LogP contribution in [0.5, 0.6) is 0 Å². The number of alkyl halides is 2. The van der Waals surface area contributed by atoms with Crippen LogP contribution in [0.1, 0.15) is 19.3 Å². The lowest BCUT2D eigenvalue weighted by molar-refractivity contribution is 0.0852. The molecule has 0 aromatic carbocycles. The molecule has 0 amide bonds. The number of rotatable bonds is 1. The Bertz CT molecular complexity index is 79.1. The minimum atomic E-state index is -2.18. The van der Waals surface area contributed by atoms with Gasteiger partial charge >= 0.3 is 0 Å². The Labute approximate surface area is 53.4 Å². The van der Waals surface area contributed by atoms with Crippen LogP contribution in [-0.4, -0.2) is 19.0 Å². The molecule has 1 aliphatic rings. The van der Waals surface area contributed by atoms with E-state index in [-0.39, 0.29) is 0 Å². The maximum atomic E-state index is 11.9. The zero-order valence-corrected chi connectivity index (χ0v) is 5.24. The minimum absolute atomic E-state index is 0.529. The van der Waals surface area contributed by atoms with Crippen LogP contribution in [0.3, 0.4) is 0 Å². The van der Waals surface area contributed by atoms with E-state index in [2.05, 4.69) is 5.32 Å². The Morgan fingerprint density at radius 2 is 2.11 bits per heavy atom. The largest absolute Gasteiger partial charge is 0.309 e. The molecule has 0 saturated carbocycles. The van der Waals surface area contributed by atoms with E-state index in [0.29, 0.717) is 6.42 Å². The average Bonchev–Trinajstić information content (AvgIpc) is 1.90. The fourth-order valence-electron chi connectivity index (χ4n) is 1.09. The van der Waals surface area contributed by atoms with Crippen molar-refractivity contribution < 1.29 is 8.78 Å². The second kappa shape index (κ2) is 3.11. The molecule has 1 heterocycles. The van der Waals surface area contributed by atoms with E-state index in [1.165, 1.54) is 0 Å². The van der Waals surface area contributed by atoms with E-state index in [4.69, 9.17) is 0 Å². The van der Waals surface area contributed by atoms with E-state index < -0.39 is 12.5 Å². The van der Waals surface area contributed by atoms with Gasteiger partial charge in [-0.3, -0.25) is 0 Å². The summed E-state index contributed by atoms with van der Waals surface area (Å²) in [5, 5.41) is 2.77. The van der Waals surface area contributed by atoms with Gasteiger partial charge in [0.25, 0.3) is 6.43 Å². The van der Waals surface area contributed by atoms with Crippen LogP contribution in [0.4, 0.5) is 8.78 Å². The molecule has 1 saturated heterocycles. The molecule has 9 heavy (non-hydrogen) atoms. The van der Waals surface area contributed by atoms with Crippen molar-refractivity contribution in [1.82, 2.24) is 5.32 Å². The van der Waals surface area contributed by atoms with Gasteiger partial charge in [-0.05, 0) is 19.4 Å². The maximum absolute atomic E-state index is 11.9. The second-order valence-electron chi connectivity index (χ2n) is 2.39. The lowest BCUT2D eigenvalue weighted by Gasteiger charge is -2.21. The summed E-state index contributed by atoms with van der Waals surface area (Å²) in [5.41, 5.74) is 0. The van der Waals surface area contributed by atoms with Crippen molar-refractivity contribution in [3.05, 3.63) is 0 Å². The van der Waals surface area contributed by atoms with Crippen LogP contribution in [0, 0.1) is 0 Å². The minimum Gasteiger partial charge on any atom is -0.309 e. The normalized spacial score (nSPS) is 29.0. The van der Waals surface area contributed by atoms with Crippen molar-refractivity contribution in [2.24, 2.45) is 0 Å². The highest BCUT2D eigenvalue weighted by Crippen LogP contribution is 2.12. The zero-order chi connectivity index (χ0) is 6.69. The lowest BCUT2D eigenvalue weighted by Crippen LogP contribution is -2.39. The summed E-state index contributed by atoms with van der Waals surface area (Å²) in [6.45, 7) is 0.759. The number of nitrogens with one attached hydrogen (secondary N) is 1. The van der Waals surface area contributed by atoms with Gasteiger partial charge in [0.15, 0.2) is 0 Å². The van der Waals surface area contributed by atoms with E-state index >= 15 is 0 Å². The van der Waals surface area contributed by atoms with Crippen molar-refractivity contribution in [3.8, 4) is 0 Å². The fraction of sp³-hybridized carbons (Fsp3) is 1.00. The molecule has 1 atom stereocenters. The summed E-state index contributed by atoms with van der Waals surface area (Å²) in [6, 6.07) is -0.529. The topological polar surface area (TPSA) is 12.0 Å². The molecule has 0 aromatic rings. The average molecular weight is 135 g/mol. The van der Waals surface area contributed by atoms with E-state index in [9.17, 15) is 8.78 Å². The highest BCUT2D eigenvalue weighted by atomic mass is 19.3. The van der Waals surface area contributed by atoms with E-state index in [0.717, 1.165) is 19.4 Å². The van der Waals surface area contributed by atoms with Crippen molar-refractivity contribution in [1.29, 1.82) is 0 Å². The van der Waals surface area contributed by atoms with Gasteiger partial charge < -0.3 is 5.32 Å². The van der Waals surface area contributed by atoms with Crippen LogP contribution in [0.15, 0.2) is 0 Å². The third kappa shape index (κ3) is 1.90. The number of hydrogen-bond donors (Lipinski definition) is 1. The van der Waals surface area contributed by atoms with Gasteiger partial charge in [0, 0.05) is 0 Å². The molecule has 3 heteroatoms. The summed E-state index contributed by atoms with van der Waals surface area (Å²) in [4.78, 5) is 0. The van der Waals surface area contributed by atoms with Gasteiger partial charge in [-0.15, -0.1) is 0 Å².